The highest BCUT2D eigenvalue weighted by Gasteiger charge is 2.49. The van der Waals surface area contributed by atoms with Crippen LogP contribution in [0.2, 0.25) is 0 Å². The van der Waals surface area contributed by atoms with E-state index in [-0.39, 0.29) is 16.0 Å². The average Bonchev–Trinajstić information content (AvgIpc) is 2.46. The van der Waals surface area contributed by atoms with E-state index < -0.39 is 0 Å². The number of non-ortho nitro benzene ring substituents is 1. The van der Waals surface area contributed by atoms with E-state index >= 15 is 0 Å². The molecule has 1 aliphatic carbocycles. The second-order valence-corrected chi connectivity index (χ2v) is 6.14. The van der Waals surface area contributed by atoms with Crippen LogP contribution in [-0.4, -0.2) is 17.5 Å². The molecule has 1 fully saturated rings. The highest BCUT2D eigenvalue weighted by atomic mass is 16.6. The summed E-state index contributed by atoms with van der Waals surface area (Å²) in [4.78, 5) is 10.8. The lowest BCUT2D eigenvalue weighted by Crippen LogP contribution is -2.58. The molecular formula is C16H22N2O2. The topological polar surface area (TPSA) is 55.2 Å². The Bertz CT molecular complexity index is 543. The highest BCUT2D eigenvalue weighted by molar-refractivity contribution is 5.47. The average molecular weight is 274 g/mol. The molecule has 4 nitrogen and oxygen atoms in total. The van der Waals surface area contributed by atoms with Crippen molar-refractivity contribution in [3.63, 3.8) is 0 Å². The van der Waals surface area contributed by atoms with E-state index in [9.17, 15) is 10.1 Å². The van der Waals surface area contributed by atoms with Gasteiger partial charge in [-0.15, -0.1) is 0 Å². The summed E-state index contributed by atoms with van der Waals surface area (Å²) < 4.78 is 0. The molecule has 0 radical (unpaired) electrons. The van der Waals surface area contributed by atoms with Crippen LogP contribution in [-0.2, 0) is 11.8 Å². The van der Waals surface area contributed by atoms with E-state index in [1.54, 1.807) is 6.07 Å². The number of piperidine rings is 1. The minimum Gasteiger partial charge on any atom is -0.313 e. The summed E-state index contributed by atoms with van der Waals surface area (Å²) in [5, 5.41) is 14.8. The van der Waals surface area contributed by atoms with E-state index in [2.05, 4.69) is 19.2 Å². The number of nitro benzene ring substituents is 1. The molecule has 108 valence electrons. The minimum absolute atomic E-state index is 0.129. The fraction of sp³-hybridized carbons (Fsp3) is 0.625. The zero-order valence-corrected chi connectivity index (χ0v) is 12.2. The molecule has 1 aliphatic heterocycles. The second kappa shape index (κ2) is 4.85. The van der Waals surface area contributed by atoms with Crippen LogP contribution in [0.3, 0.4) is 0 Å². The van der Waals surface area contributed by atoms with Crippen LogP contribution in [0.1, 0.15) is 44.2 Å². The lowest BCUT2D eigenvalue weighted by molar-refractivity contribution is -0.385. The summed E-state index contributed by atoms with van der Waals surface area (Å²) in [5.41, 5.74) is 2.92. The molecule has 0 saturated carbocycles. The Morgan fingerprint density at radius 3 is 2.90 bits per heavy atom. The molecule has 1 heterocycles. The summed E-state index contributed by atoms with van der Waals surface area (Å²) >= 11 is 0. The molecule has 20 heavy (non-hydrogen) atoms. The highest BCUT2D eigenvalue weighted by Crippen LogP contribution is 2.50. The van der Waals surface area contributed by atoms with E-state index in [4.69, 9.17) is 0 Å². The number of nitro groups is 1. The van der Waals surface area contributed by atoms with Crippen molar-refractivity contribution in [1.82, 2.24) is 5.32 Å². The number of nitrogens with zero attached hydrogens (tertiary/aromatic N) is 1. The van der Waals surface area contributed by atoms with Crippen molar-refractivity contribution in [1.29, 1.82) is 0 Å². The Morgan fingerprint density at radius 1 is 1.45 bits per heavy atom. The molecule has 3 rings (SSSR count). The molecule has 2 bridgehead atoms. The van der Waals surface area contributed by atoms with Gasteiger partial charge in [0.05, 0.1) is 4.92 Å². The van der Waals surface area contributed by atoms with Crippen LogP contribution in [0.4, 0.5) is 5.69 Å². The smallest absolute Gasteiger partial charge is 0.269 e. The molecule has 1 unspecified atom stereocenters. The van der Waals surface area contributed by atoms with Crippen LogP contribution in [0.15, 0.2) is 18.2 Å². The zero-order chi connectivity index (χ0) is 14.3. The van der Waals surface area contributed by atoms with Gasteiger partial charge in [-0.1, -0.05) is 26.3 Å². The lowest BCUT2D eigenvalue weighted by Gasteiger charge is -2.53. The van der Waals surface area contributed by atoms with E-state index in [0.717, 1.165) is 32.2 Å². The van der Waals surface area contributed by atoms with Gasteiger partial charge in [0.2, 0.25) is 0 Å². The number of benzene rings is 1. The Balaban J connectivity index is 2.17. The van der Waals surface area contributed by atoms with Gasteiger partial charge in [-0.25, -0.2) is 0 Å². The molecule has 1 saturated heterocycles. The third-order valence-corrected chi connectivity index (χ3v) is 5.52. The van der Waals surface area contributed by atoms with Gasteiger partial charge in [0.15, 0.2) is 0 Å². The summed E-state index contributed by atoms with van der Waals surface area (Å²) in [5.74, 6) is 0.593. The molecule has 2 aliphatic rings. The summed E-state index contributed by atoms with van der Waals surface area (Å²) in [6.45, 7) is 5.51. The first-order valence-electron chi connectivity index (χ1n) is 7.63. The third kappa shape index (κ3) is 1.78. The van der Waals surface area contributed by atoms with E-state index in [0.29, 0.717) is 12.0 Å². The number of rotatable bonds is 3. The Kier molecular flexibility index (Phi) is 3.28. The van der Waals surface area contributed by atoms with E-state index in [1.807, 2.05) is 12.1 Å². The normalized spacial score (nSPS) is 31.7. The quantitative estimate of drug-likeness (QED) is 0.680. The number of hydrogen-bond acceptors (Lipinski definition) is 3. The number of fused-ring (bicyclic) bond motifs is 4. The van der Waals surface area contributed by atoms with Gasteiger partial charge in [0.25, 0.3) is 5.69 Å². The van der Waals surface area contributed by atoms with Crippen LogP contribution < -0.4 is 5.32 Å². The Morgan fingerprint density at radius 2 is 2.25 bits per heavy atom. The molecule has 1 aromatic rings. The zero-order valence-electron chi connectivity index (χ0n) is 12.2. The maximum absolute atomic E-state index is 11.1. The van der Waals surface area contributed by atoms with Gasteiger partial charge >= 0.3 is 0 Å². The molecule has 0 spiro atoms. The fourth-order valence-electron chi connectivity index (χ4n) is 4.60. The first kappa shape index (κ1) is 13.6. The largest absolute Gasteiger partial charge is 0.313 e. The predicted octanol–water partition coefficient (Wildman–Crippen LogP) is 3.19. The van der Waals surface area contributed by atoms with Crippen molar-refractivity contribution in [2.45, 2.75) is 51.0 Å². The van der Waals surface area contributed by atoms with Crippen LogP contribution >= 0.6 is 0 Å². The monoisotopic (exact) mass is 274 g/mol. The maximum Gasteiger partial charge on any atom is 0.269 e. The Labute approximate surface area is 119 Å². The second-order valence-electron chi connectivity index (χ2n) is 6.14. The van der Waals surface area contributed by atoms with Crippen molar-refractivity contribution in [2.24, 2.45) is 5.92 Å². The molecule has 1 N–H and O–H groups in total. The van der Waals surface area contributed by atoms with Crippen molar-refractivity contribution in [2.75, 3.05) is 6.54 Å². The maximum atomic E-state index is 11.1. The van der Waals surface area contributed by atoms with E-state index in [1.165, 1.54) is 11.1 Å². The van der Waals surface area contributed by atoms with Crippen molar-refractivity contribution in [3.05, 3.63) is 39.4 Å². The molecular weight excluding hydrogens is 252 g/mol. The van der Waals surface area contributed by atoms with Gasteiger partial charge in [-0.05, 0) is 42.9 Å². The van der Waals surface area contributed by atoms with Gasteiger partial charge in [-0.3, -0.25) is 10.1 Å². The standard InChI is InChI=1S/C16H22N2O2/c1-3-13-15-9-11-5-6-12(18(19)20)10-14(11)16(13,4-2)7-8-17-15/h5-6,10,13,15,17H,3-4,7-9H2,1-2H3/t13?,15-,16-/m0/s1. The summed E-state index contributed by atoms with van der Waals surface area (Å²) in [6.07, 6.45) is 4.30. The predicted molar refractivity (Wildman–Crippen MR) is 79.0 cm³/mol. The third-order valence-electron chi connectivity index (χ3n) is 5.52. The first-order chi connectivity index (χ1) is 9.62. The molecule has 1 aromatic carbocycles. The van der Waals surface area contributed by atoms with Crippen molar-refractivity contribution < 1.29 is 4.92 Å². The lowest BCUT2D eigenvalue weighted by atomic mass is 9.56. The molecule has 0 amide bonds. The molecule has 3 atom stereocenters. The first-order valence-corrected chi connectivity index (χ1v) is 7.63. The van der Waals surface area contributed by atoms with Crippen molar-refractivity contribution >= 4 is 5.69 Å². The SMILES string of the molecule is CCC1[C@@H]2Cc3ccc([N+](=O)[O-])cc3[C@@]1(CC)CCN2. The van der Waals surface area contributed by atoms with Crippen LogP contribution in [0.25, 0.3) is 0 Å². The molecule has 0 aromatic heterocycles. The van der Waals surface area contributed by atoms with Gasteiger partial charge in [0, 0.05) is 23.6 Å². The Hall–Kier alpha value is -1.42. The van der Waals surface area contributed by atoms with Crippen molar-refractivity contribution in [3.8, 4) is 0 Å². The van der Waals surface area contributed by atoms with Gasteiger partial charge < -0.3 is 5.32 Å². The summed E-state index contributed by atoms with van der Waals surface area (Å²) in [6, 6.07) is 6.01. The van der Waals surface area contributed by atoms with Gasteiger partial charge in [0.1, 0.15) is 0 Å². The van der Waals surface area contributed by atoms with Crippen LogP contribution in [0, 0.1) is 16.0 Å². The van der Waals surface area contributed by atoms with Gasteiger partial charge in [-0.2, -0.15) is 0 Å². The minimum atomic E-state index is -0.266. The number of hydrogen-bond donors (Lipinski definition) is 1. The number of nitrogens with one attached hydrogen (secondary N) is 1. The fourth-order valence-corrected chi connectivity index (χ4v) is 4.60. The molecule has 4 heteroatoms. The summed E-state index contributed by atoms with van der Waals surface area (Å²) in [7, 11) is 0. The van der Waals surface area contributed by atoms with Crippen LogP contribution in [0.5, 0.6) is 0 Å².